The molecule has 0 aromatic heterocycles. The summed E-state index contributed by atoms with van der Waals surface area (Å²) in [5.41, 5.74) is 3.05. The monoisotopic (exact) mass is 279 g/mol. The van der Waals surface area contributed by atoms with Gasteiger partial charge in [0.25, 0.3) is 0 Å². The van der Waals surface area contributed by atoms with Crippen LogP contribution >= 0.6 is 11.8 Å². The van der Waals surface area contributed by atoms with Gasteiger partial charge >= 0.3 is 0 Å². The largest absolute Gasteiger partial charge is 0.396 e. The fraction of sp³-hybridized carbons (Fsp3) is 0.625. The van der Waals surface area contributed by atoms with Crippen LogP contribution in [-0.2, 0) is 6.42 Å². The molecule has 1 unspecified atom stereocenters. The molecule has 0 bridgehead atoms. The van der Waals surface area contributed by atoms with E-state index >= 15 is 0 Å². The van der Waals surface area contributed by atoms with Crippen LogP contribution in [0.4, 0.5) is 0 Å². The van der Waals surface area contributed by atoms with Crippen molar-refractivity contribution in [2.75, 3.05) is 24.7 Å². The Balaban J connectivity index is 1.79. The summed E-state index contributed by atoms with van der Waals surface area (Å²) in [4.78, 5) is 0. The number of benzene rings is 1. The first-order valence-corrected chi connectivity index (χ1v) is 8.57. The van der Waals surface area contributed by atoms with Crippen LogP contribution < -0.4 is 5.32 Å². The molecule has 2 N–H and O–H groups in total. The van der Waals surface area contributed by atoms with Crippen molar-refractivity contribution in [2.45, 2.75) is 38.1 Å². The fourth-order valence-corrected chi connectivity index (χ4v) is 3.51. The van der Waals surface area contributed by atoms with Crippen LogP contribution in [0.5, 0.6) is 0 Å². The van der Waals surface area contributed by atoms with Crippen LogP contribution in [0.2, 0.25) is 0 Å². The SMILES string of the molecule is OCCCSCCNC1CCCCc2ccccc21. The summed E-state index contributed by atoms with van der Waals surface area (Å²) in [7, 11) is 0. The van der Waals surface area contributed by atoms with Gasteiger partial charge in [0.05, 0.1) is 0 Å². The zero-order valence-corrected chi connectivity index (χ0v) is 12.4. The molecule has 2 nitrogen and oxygen atoms in total. The average molecular weight is 279 g/mol. The molecule has 0 heterocycles. The zero-order chi connectivity index (χ0) is 13.3. The third-order valence-electron chi connectivity index (χ3n) is 3.70. The maximum Gasteiger partial charge on any atom is 0.0438 e. The van der Waals surface area contributed by atoms with Crippen molar-refractivity contribution in [2.24, 2.45) is 0 Å². The Bertz CT molecular complexity index is 370. The summed E-state index contributed by atoms with van der Waals surface area (Å²) in [5, 5.41) is 12.4. The van der Waals surface area contributed by atoms with E-state index in [4.69, 9.17) is 5.11 Å². The summed E-state index contributed by atoms with van der Waals surface area (Å²) < 4.78 is 0. The van der Waals surface area contributed by atoms with E-state index in [1.54, 1.807) is 0 Å². The first kappa shape index (κ1) is 14.9. The average Bonchev–Trinajstić information content (AvgIpc) is 2.65. The predicted molar refractivity (Wildman–Crippen MR) is 83.8 cm³/mol. The molecule has 3 heteroatoms. The van der Waals surface area contributed by atoms with Crippen LogP contribution in [-0.4, -0.2) is 29.8 Å². The minimum absolute atomic E-state index is 0.316. The lowest BCUT2D eigenvalue weighted by molar-refractivity contribution is 0.296. The number of aliphatic hydroxyl groups excluding tert-OH is 1. The van der Waals surface area contributed by atoms with Gasteiger partial charge in [0, 0.05) is 24.9 Å². The lowest BCUT2D eigenvalue weighted by Gasteiger charge is -2.19. The van der Waals surface area contributed by atoms with E-state index in [0.717, 1.165) is 24.5 Å². The molecule has 0 aliphatic heterocycles. The molecule has 1 aromatic rings. The number of fused-ring (bicyclic) bond motifs is 1. The second-order valence-electron chi connectivity index (χ2n) is 5.14. The third-order valence-corrected chi connectivity index (χ3v) is 4.77. The summed E-state index contributed by atoms with van der Waals surface area (Å²) in [6.07, 6.45) is 6.05. The molecule has 19 heavy (non-hydrogen) atoms. The number of aryl methyl sites for hydroxylation is 1. The van der Waals surface area contributed by atoms with Crippen molar-refractivity contribution in [3.05, 3.63) is 35.4 Å². The Hall–Kier alpha value is -0.510. The standard InChI is InChI=1S/C16H25NOS/c18-11-5-12-19-13-10-17-16-9-4-2-7-14-6-1-3-8-15(14)16/h1,3,6,8,16-18H,2,4-5,7,9-13H2. The van der Waals surface area contributed by atoms with Gasteiger partial charge in [-0.15, -0.1) is 0 Å². The van der Waals surface area contributed by atoms with Crippen molar-refractivity contribution in [3.8, 4) is 0 Å². The van der Waals surface area contributed by atoms with Crippen LogP contribution in [0.1, 0.15) is 42.9 Å². The smallest absolute Gasteiger partial charge is 0.0438 e. The van der Waals surface area contributed by atoms with Gasteiger partial charge in [-0.25, -0.2) is 0 Å². The first-order chi connectivity index (χ1) is 9.42. The third kappa shape index (κ3) is 4.83. The van der Waals surface area contributed by atoms with Gasteiger partial charge in [0.1, 0.15) is 0 Å². The predicted octanol–water partition coefficient (Wildman–Crippen LogP) is 3.16. The van der Waals surface area contributed by atoms with Crippen LogP contribution in [0.15, 0.2) is 24.3 Å². The maximum atomic E-state index is 8.74. The normalized spacial score (nSPS) is 18.9. The fourth-order valence-electron chi connectivity index (χ4n) is 2.71. The number of nitrogens with one attached hydrogen (secondary N) is 1. The van der Waals surface area contributed by atoms with Gasteiger partial charge in [-0.2, -0.15) is 11.8 Å². The van der Waals surface area contributed by atoms with E-state index in [-0.39, 0.29) is 0 Å². The molecule has 0 saturated heterocycles. The van der Waals surface area contributed by atoms with Crippen LogP contribution in [0.25, 0.3) is 0 Å². The molecule has 1 aliphatic rings. The Kier molecular flexibility index (Phi) is 6.75. The molecule has 0 radical (unpaired) electrons. The lowest BCUT2D eigenvalue weighted by atomic mass is 9.99. The highest BCUT2D eigenvalue weighted by Gasteiger charge is 2.17. The van der Waals surface area contributed by atoms with Crippen molar-refractivity contribution in [3.63, 3.8) is 0 Å². The Labute approximate surface area is 121 Å². The van der Waals surface area contributed by atoms with Gasteiger partial charge in [0.2, 0.25) is 0 Å². The molecule has 0 fully saturated rings. The minimum Gasteiger partial charge on any atom is -0.396 e. The van der Waals surface area contributed by atoms with Crippen LogP contribution in [0, 0.1) is 0 Å². The number of rotatable bonds is 7. The van der Waals surface area contributed by atoms with Gasteiger partial charge in [0.15, 0.2) is 0 Å². The lowest BCUT2D eigenvalue weighted by Crippen LogP contribution is -2.24. The van der Waals surface area contributed by atoms with E-state index in [1.807, 2.05) is 11.8 Å². The van der Waals surface area contributed by atoms with Gasteiger partial charge in [-0.3, -0.25) is 0 Å². The number of aliphatic hydroxyl groups is 1. The molecule has 0 saturated carbocycles. The summed E-state index contributed by atoms with van der Waals surface area (Å²) in [5.74, 6) is 2.21. The van der Waals surface area contributed by atoms with Gasteiger partial charge in [-0.1, -0.05) is 30.7 Å². The molecule has 1 aromatic carbocycles. The zero-order valence-electron chi connectivity index (χ0n) is 11.6. The van der Waals surface area contributed by atoms with Crippen molar-refractivity contribution >= 4 is 11.8 Å². The van der Waals surface area contributed by atoms with Crippen molar-refractivity contribution in [1.29, 1.82) is 0 Å². The molecule has 0 spiro atoms. The van der Waals surface area contributed by atoms with E-state index < -0.39 is 0 Å². The van der Waals surface area contributed by atoms with E-state index in [2.05, 4.69) is 29.6 Å². The second kappa shape index (κ2) is 8.62. The molecule has 2 rings (SSSR count). The summed E-state index contributed by atoms with van der Waals surface area (Å²) >= 11 is 1.93. The summed E-state index contributed by atoms with van der Waals surface area (Å²) in [6.45, 7) is 1.38. The number of thioether (sulfide) groups is 1. The molecular formula is C16H25NOS. The van der Waals surface area contributed by atoms with Crippen LogP contribution in [0.3, 0.4) is 0 Å². The Morgan fingerprint density at radius 2 is 2.11 bits per heavy atom. The first-order valence-electron chi connectivity index (χ1n) is 7.41. The number of hydrogen-bond donors (Lipinski definition) is 2. The highest BCUT2D eigenvalue weighted by Crippen LogP contribution is 2.28. The van der Waals surface area contributed by atoms with E-state index in [1.165, 1.54) is 36.8 Å². The Morgan fingerprint density at radius 3 is 3.00 bits per heavy atom. The molecule has 106 valence electrons. The van der Waals surface area contributed by atoms with Gasteiger partial charge < -0.3 is 10.4 Å². The quantitative estimate of drug-likeness (QED) is 0.594. The van der Waals surface area contributed by atoms with Crippen molar-refractivity contribution in [1.82, 2.24) is 5.32 Å². The molecule has 1 atom stereocenters. The molecular weight excluding hydrogens is 254 g/mol. The van der Waals surface area contributed by atoms with E-state index in [0.29, 0.717) is 12.6 Å². The molecule has 0 amide bonds. The minimum atomic E-state index is 0.316. The Morgan fingerprint density at radius 1 is 1.21 bits per heavy atom. The van der Waals surface area contributed by atoms with Gasteiger partial charge in [-0.05, 0) is 42.6 Å². The van der Waals surface area contributed by atoms with Crippen molar-refractivity contribution < 1.29 is 5.11 Å². The summed E-state index contributed by atoms with van der Waals surface area (Å²) in [6, 6.07) is 9.43. The highest BCUT2D eigenvalue weighted by molar-refractivity contribution is 7.99. The maximum absolute atomic E-state index is 8.74. The number of hydrogen-bond acceptors (Lipinski definition) is 3. The molecule has 1 aliphatic carbocycles. The topological polar surface area (TPSA) is 32.3 Å². The highest BCUT2D eigenvalue weighted by atomic mass is 32.2. The van der Waals surface area contributed by atoms with E-state index in [9.17, 15) is 0 Å². The second-order valence-corrected chi connectivity index (χ2v) is 6.37.